The molecule has 0 bridgehead atoms. The van der Waals surface area contributed by atoms with Crippen LogP contribution in [-0.2, 0) is 10.2 Å². The first-order valence-electron chi connectivity index (χ1n) is 12.2. The highest BCUT2D eigenvalue weighted by molar-refractivity contribution is 6.11. The third kappa shape index (κ3) is 3.22. The molecule has 3 aliphatic rings. The Kier molecular flexibility index (Phi) is 4.75. The van der Waals surface area contributed by atoms with Crippen molar-refractivity contribution >= 4 is 34.1 Å². The summed E-state index contributed by atoms with van der Waals surface area (Å²) < 4.78 is 17.1. The smallest absolute Gasteiger partial charge is 0.319 e. The fourth-order valence-electron chi connectivity index (χ4n) is 5.57. The van der Waals surface area contributed by atoms with Crippen LogP contribution in [0.2, 0.25) is 0 Å². The Morgan fingerprint density at radius 3 is 2.57 bits per heavy atom. The maximum atomic E-state index is 14.0. The third-order valence-corrected chi connectivity index (χ3v) is 7.30. The Bertz CT molecular complexity index is 1580. The summed E-state index contributed by atoms with van der Waals surface area (Å²) in [5, 5.41) is 7.83. The van der Waals surface area contributed by atoms with E-state index in [1.165, 1.54) is 0 Å². The molecule has 1 spiro atoms. The zero-order valence-electron chi connectivity index (χ0n) is 19.8. The second-order valence-electron chi connectivity index (χ2n) is 9.28. The molecule has 8 heteroatoms. The first-order chi connectivity index (χ1) is 18.1. The number of nitrogens with zero attached hydrogens (tertiary/aromatic N) is 1. The summed E-state index contributed by atoms with van der Waals surface area (Å²) in [5.41, 5.74) is 2.25. The number of ether oxygens (including phenoxy) is 3. The van der Waals surface area contributed by atoms with Crippen molar-refractivity contribution in [2.24, 2.45) is 0 Å². The lowest BCUT2D eigenvalue weighted by Crippen LogP contribution is -2.45. The zero-order valence-corrected chi connectivity index (χ0v) is 19.8. The van der Waals surface area contributed by atoms with Crippen molar-refractivity contribution in [2.45, 2.75) is 5.41 Å². The van der Waals surface area contributed by atoms with Crippen LogP contribution in [0.5, 0.6) is 17.2 Å². The summed E-state index contributed by atoms with van der Waals surface area (Å²) in [6, 6.07) is 24.7. The molecule has 1 unspecified atom stereocenters. The molecular weight excluding hydrogens is 470 g/mol. The summed E-state index contributed by atoms with van der Waals surface area (Å²) >= 11 is 0. The van der Waals surface area contributed by atoms with Crippen molar-refractivity contribution in [3.05, 3.63) is 90.0 Å². The minimum atomic E-state index is -0.960. The molecule has 4 aromatic rings. The van der Waals surface area contributed by atoms with Gasteiger partial charge in [-0.25, -0.2) is 4.79 Å². The summed E-state index contributed by atoms with van der Waals surface area (Å²) in [4.78, 5) is 28.4. The summed E-state index contributed by atoms with van der Waals surface area (Å²) in [7, 11) is 0. The van der Waals surface area contributed by atoms with Crippen molar-refractivity contribution in [3.63, 3.8) is 0 Å². The summed E-state index contributed by atoms with van der Waals surface area (Å²) in [6.07, 6.45) is 0. The molecule has 2 N–H and O–H groups in total. The Morgan fingerprint density at radius 1 is 0.865 bits per heavy atom. The van der Waals surface area contributed by atoms with Crippen molar-refractivity contribution in [3.8, 4) is 17.2 Å². The Hall–Kier alpha value is -4.72. The van der Waals surface area contributed by atoms with E-state index in [0.717, 1.165) is 33.3 Å². The second-order valence-corrected chi connectivity index (χ2v) is 9.28. The number of nitrogens with one attached hydrogen (secondary N) is 2. The molecule has 8 nitrogen and oxygen atoms in total. The van der Waals surface area contributed by atoms with Gasteiger partial charge in [0.1, 0.15) is 17.8 Å². The molecule has 184 valence electrons. The Morgan fingerprint density at radius 2 is 1.65 bits per heavy atom. The Balaban J connectivity index is 1.11. The molecule has 0 aromatic heterocycles. The average Bonchev–Trinajstić information content (AvgIpc) is 3.60. The molecule has 0 radical (unpaired) electrons. The maximum Gasteiger partial charge on any atom is 0.319 e. The first kappa shape index (κ1) is 21.6. The highest BCUT2D eigenvalue weighted by Crippen LogP contribution is 2.54. The minimum Gasteiger partial charge on any atom is -0.491 e. The number of hydrogen-bond donors (Lipinski definition) is 2. The topological polar surface area (TPSA) is 89.1 Å². The van der Waals surface area contributed by atoms with Gasteiger partial charge in [-0.1, -0.05) is 54.6 Å². The molecule has 0 saturated carbocycles. The van der Waals surface area contributed by atoms with Crippen LogP contribution in [0.3, 0.4) is 0 Å². The van der Waals surface area contributed by atoms with E-state index in [9.17, 15) is 9.59 Å². The number of carbonyl (C=O) groups is 2. The molecule has 0 fully saturated rings. The fourth-order valence-corrected chi connectivity index (χ4v) is 5.57. The monoisotopic (exact) mass is 493 g/mol. The lowest BCUT2D eigenvalue weighted by molar-refractivity contribution is -0.122. The van der Waals surface area contributed by atoms with Crippen LogP contribution in [0.1, 0.15) is 11.1 Å². The van der Waals surface area contributed by atoms with Gasteiger partial charge in [-0.05, 0) is 29.1 Å². The van der Waals surface area contributed by atoms with Crippen molar-refractivity contribution in [2.75, 3.05) is 36.7 Å². The van der Waals surface area contributed by atoms with Gasteiger partial charge in [0.2, 0.25) is 12.7 Å². The van der Waals surface area contributed by atoms with E-state index in [1.807, 2.05) is 72.8 Å². The molecule has 37 heavy (non-hydrogen) atoms. The van der Waals surface area contributed by atoms with Gasteiger partial charge in [0, 0.05) is 35.8 Å². The fraction of sp³-hybridized carbons (Fsp3) is 0.172. The van der Waals surface area contributed by atoms with Crippen molar-refractivity contribution in [1.29, 1.82) is 0 Å². The summed E-state index contributed by atoms with van der Waals surface area (Å²) in [5.74, 6) is 1.77. The SMILES string of the molecule is O=C(NCCN1C(=O)C2(COc3cc4c(cc32)OCO4)c2ccccc21)Nc1cccc2ccccc12. The van der Waals surface area contributed by atoms with Gasteiger partial charge in [-0.15, -0.1) is 0 Å². The van der Waals surface area contributed by atoms with Crippen molar-refractivity contribution in [1.82, 2.24) is 5.32 Å². The average molecular weight is 494 g/mol. The van der Waals surface area contributed by atoms with Gasteiger partial charge in [0.05, 0.1) is 5.69 Å². The molecule has 3 heterocycles. The normalized spacial score (nSPS) is 18.6. The molecule has 4 aromatic carbocycles. The molecule has 3 amide bonds. The van der Waals surface area contributed by atoms with Crippen LogP contribution in [0, 0.1) is 0 Å². The van der Waals surface area contributed by atoms with E-state index in [0.29, 0.717) is 23.8 Å². The van der Waals surface area contributed by atoms with Gasteiger partial charge in [0.15, 0.2) is 11.5 Å². The van der Waals surface area contributed by atoms with Crippen LogP contribution in [0.25, 0.3) is 10.8 Å². The van der Waals surface area contributed by atoms with Gasteiger partial charge >= 0.3 is 6.03 Å². The molecule has 1 atom stereocenters. The zero-order chi connectivity index (χ0) is 25.0. The van der Waals surface area contributed by atoms with Crippen LogP contribution in [0.15, 0.2) is 78.9 Å². The van der Waals surface area contributed by atoms with Crippen LogP contribution in [0.4, 0.5) is 16.2 Å². The van der Waals surface area contributed by atoms with E-state index in [4.69, 9.17) is 14.2 Å². The predicted octanol–water partition coefficient (Wildman–Crippen LogP) is 4.42. The highest BCUT2D eigenvalue weighted by Gasteiger charge is 2.57. The number of urea groups is 1. The third-order valence-electron chi connectivity index (χ3n) is 7.30. The lowest BCUT2D eigenvalue weighted by atomic mass is 9.77. The number of fused-ring (bicyclic) bond motifs is 6. The van der Waals surface area contributed by atoms with E-state index in [-0.39, 0.29) is 31.9 Å². The van der Waals surface area contributed by atoms with Crippen LogP contribution < -0.4 is 29.7 Å². The number of benzene rings is 4. The molecular formula is C29H23N3O5. The summed E-state index contributed by atoms with van der Waals surface area (Å²) in [6.45, 7) is 0.947. The Labute approximate surface area is 212 Å². The minimum absolute atomic E-state index is 0.0809. The number of hydrogen-bond acceptors (Lipinski definition) is 5. The second kappa shape index (κ2) is 8.16. The van der Waals surface area contributed by atoms with Gasteiger partial charge in [-0.3, -0.25) is 4.79 Å². The molecule has 3 aliphatic heterocycles. The predicted molar refractivity (Wildman–Crippen MR) is 139 cm³/mol. The van der Waals surface area contributed by atoms with E-state index < -0.39 is 5.41 Å². The molecule has 0 saturated heterocycles. The molecule has 7 rings (SSSR count). The molecule has 0 aliphatic carbocycles. The lowest BCUT2D eigenvalue weighted by Gasteiger charge is -2.23. The largest absolute Gasteiger partial charge is 0.491 e. The van der Waals surface area contributed by atoms with E-state index in [2.05, 4.69) is 10.6 Å². The van der Waals surface area contributed by atoms with E-state index in [1.54, 1.807) is 11.0 Å². The number of rotatable bonds is 4. The van der Waals surface area contributed by atoms with Gasteiger partial charge in [0.25, 0.3) is 0 Å². The number of anilines is 2. The number of amides is 3. The van der Waals surface area contributed by atoms with Crippen LogP contribution >= 0.6 is 0 Å². The van der Waals surface area contributed by atoms with Gasteiger partial charge in [-0.2, -0.15) is 0 Å². The number of para-hydroxylation sites is 1. The quantitative estimate of drug-likeness (QED) is 0.440. The first-order valence-corrected chi connectivity index (χ1v) is 12.2. The van der Waals surface area contributed by atoms with Crippen molar-refractivity contribution < 1.29 is 23.8 Å². The van der Waals surface area contributed by atoms with E-state index >= 15 is 0 Å². The van der Waals surface area contributed by atoms with Gasteiger partial charge < -0.3 is 29.7 Å². The number of carbonyl (C=O) groups excluding carboxylic acids is 2. The van der Waals surface area contributed by atoms with Crippen LogP contribution in [-0.4, -0.2) is 38.4 Å². The standard InChI is InChI=1S/C29H23N3O5/c33-27-29(16-35-24-15-26-25(14-21(24)29)36-17-37-26)20-9-3-4-11-23(20)32(27)13-12-30-28(34)31-22-10-5-7-18-6-1-2-8-19(18)22/h1-11,14-15H,12-13,16-17H2,(H2,30,31,34). The maximum absolute atomic E-state index is 14.0. The highest BCUT2D eigenvalue weighted by atomic mass is 16.7.